The number of imidazole rings is 1. The van der Waals surface area contributed by atoms with Gasteiger partial charge in [-0.2, -0.15) is 0 Å². The van der Waals surface area contributed by atoms with E-state index >= 15 is 0 Å². The van der Waals surface area contributed by atoms with Crippen molar-refractivity contribution in [3.63, 3.8) is 0 Å². The summed E-state index contributed by atoms with van der Waals surface area (Å²) in [5.74, 6) is 0. The molecule has 1 fully saturated rings. The van der Waals surface area contributed by atoms with Gasteiger partial charge in [0.05, 0.1) is 12.0 Å². The first-order chi connectivity index (χ1) is 10.9. The summed E-state index contributed by atoms with van der Waals surface area (Å²) in [5, 5.41) is 6.59. The number of hydrogen-bond donors (Lipinski definition) is 2. The standard InChI is InChI=1S/C17H30N4O2/c1-5-21-12-18-10-15(21)11-19-13-6-8-14(9-7-13)20-16(22)23-17(2,3)4/h10,12-14,19H,5-9,11H2,1-4H3,(H,20,22). The molecule has 1 saturated carbocycles. The quantitative estimate of drug-likeness (QED) is 0.875. The molecule has 0 aliphatic heterocycles. The van der Waals surface area contributed by atoms with E-state index in [1.807, 2.05) is 33.3 Å². The molecule has 1 aromatic heterocycles. The molecule has 1 aromatic rings. The first-order valence-electron chi connectivity index (χ1n) is 8.59. The lowest BCUT2D eigenvalue weighted by Crippen LogP contribution is -2.43. The van der Waals surface area contributed by atoms with Crippen molar-refractivity contribution in [3.05, 3.63) is 18.2 Å². The molecule has 0 spiro atoms. The van der Waals surface area contributed by atoms with Crippen molar-refractivity contribution < 1.29 is 9.53 Å². The van der Waals surface area contributed by atoms with Crippen molar-refractivity contribution in [2.45, 2.75) is 84.2 Å². The zero-order valence-electron chi connectivity index (χ0n) is 14.8. The van der Waals surface area contributed by atoms with Crippen molar-refractivity contribution in [1.82, 2.24) is 20.2 Å². The van der Waals surface area contributed by atoms with Gasteiger partial charge in [-0.15, -0.1) is 0 Å². The summed E-state index contributed by atoms with van der Waals surface area (Å²) >= 11 is 0. The van der Waals surface area contributed by atoms with Gasteiger partial charge in [-0.3, -0.25) is 0 Å². The number of carbonyl (C=O) groups excluding carboxylic acids is 1. The van der Waals surface area contributed by atoms with Gasteiger partial charge in [0.1, 0.15) is 5.60 Å². The van der Waals surface area contributed by atoms with Gasteiger partial charge in [-0.05, 0) is 53.4 Å². The van der Waals surface area contributed by atoms with Crippen LogP contribution in [0.25, 0.3) is 0 Å². The van der Waals surface area contributed by atoms with Crippen LogP contribution in [0.1, 0.15) is 59.1 Å². The average molecular weight is 322 g/mol. The van der Waals surface area contributed by atoms with Crippen LogP contribution in [0.15, 0.2) is 12.5 Å². The maximum atomic E-state index is 11.8. The van der Waals surface area contributed by atoms with Gasteiger partial charge in [-0.1, -0.05) is 0 Å². The fraction of sp³-hybridized carbons (Fsp3) is 0.765. The van der Waals surface area contributed by atoms with Crippen LogP contribution in [-0.2, 0) is 17.8 Å². The van der Waals surface area contributed by atoms with Crippen molar-refractivity contribution in [2.24, 2.45) is 0 Å². The molecule has 0 saturated heterocycles. The van der Waals surface area contributed by atoms with E-state index in [9.17, 15) is 4.79 Å². The van der Waals surface area contributed by atoms with Crippen molar-refractivity contribution in [3.8, 4) is 0 Å². The maximum Gasteiger partial charge on any atom is 0.407 e. The molecule has 2 rings (SSSR count). The Hall–Kier alpha value is -1.56. The third kappa shape index (κ3) is 5.86. The molecule has 0 radical (unpaired) electrons. The molecule has 6 heteroatoms. The number of alkyl carbamates (subject to hydrolysis) is 1. The van der Waals surface area contributed by atoms with E-state index in [1.165, 1.54) is 5.69 Å². The molecule has 0 atom stereocenters. The number of carbonyl (C=O) groups is 1. The summed E-state index contributed by atoms with van der Waals surface area (Å²) in [6, 6.07) is 0.732. The normalized spacial score (nSPS) is 21.9. The number of rotatable bonds is 5. The average Bonchev–Trinajstić information content (AvgIpc) is 2.92. The minimum Gasteiger partial charge on any atom is -0.444 e. The molecule has 0 unspecified atom stereocenters. The number of amides is 1. The van der Waals surface area contributed by atoms with E-state index in [0.717, 1.165) is 38.8 Å². The van der Waals surface area contributed by atoms with E-state index in [0.29, 0.717) is 6.04 Å². The summed E-state index contributed by atoms with van der Waals surface area (Å²) in [4.78, 5) is 16.0. The van der Waals surface area contributed by atoms with Crippen molar-refractivity contribution in [2.75, 3.05) is 0 Å². The summed E-state index contributed by atoms with van der Waals surface area (Å²) in [5.41, 5.74) is 0.784. The predicted octanol–water partition coefficient (Wildman–Crippen LogP) is 2.83. The Morgan fingerprint density at radius 1 is 1.30 bits per heavy atom. The lowest BCUT2D eigenvalue weighted by molar-refractivity contribution is 0.0489. The Morgan fingerprint density at radius 3 is 2.57 bits per heavy atom. The molecular weight excluding hydrogens is 292 g/mol. The fourth-order valence-electron chi connectivity index (χ4n) is 2.95. The number of hydrogen-bond acceptors (Lipinski definition) is 4. The molecule has 1 amide bonds. The Bertz CT molecular complexity index is 499. The fourth-order valence-corrected chi connectivity index (χ4v) is 2.95. The largest absolute Gasteiger partial charge is 0.444 e. The van der Waals surface area contributed by atoms with Crippen LogP contribution < -0.4 is 10.6 Å². The van der Waals surface area contributed by atoms with Crippen LogP contribution in [0.4, 0.5) is 4.79 Å². The molecule has 130 valence electrons. The molecule has 23 heavy (non-hydrogen) atoms. The van der Waals surface area contributed by atoms with Crippen LogP contribution >= 0.6 is 0 Å². The molecular formula is C17H30N4O2. The number of nitrogens with zero attached hydrogens (tertiary/aromatic N) is 2. The first kappa shape index (κ1) is 17.8. The van der Waals surface area contributed by atoms with Gasteiger partial charge in [0.25, 0.3) is 0 Å². The van der Waals surface area contributed by atoms with Crippen LogP contribution in [0, 0.1) is 0 Å². The Kier molecular flexibility index (Phi) is 6.04. The lowest BCUT2D eigenvalue weighted by Gasteiger charge is -2.30. The third-order valence-corrected chi connectivity index (χ3v) is 4.16. The van der Waals surface area contributed by atoms with E-state index in [4.69, 9.17) is 4.74 Å². The SMILES string of the molecule is CCn1cncc1CNC1CCC(NC(=O)OC(C)(C)C)CC1. The number of aryl methyl sites for hydroxylation is 1. The second-order valence-corrected chi connectivity index (χ2v) is 7.25. The number of ether oxygens (including phenoxy) is 1. The number of aromatic nitrogens is 2. The van der Waals surface area contributed by atoms with E-state index in [2.05, 4.69) is 27.1 Å². The van der Waals surface area contributed by atoms with Crippen molar-refractivity contribution >= 4 is 6.09 Å². The second kappa shape index (κ2) is 7.81. The second-order valence-electron chi connectivity index (χ2n) is 7.25. The summed E-state index contributed by atoms with van der Waals surface area (Å²) in [6.07, 6.45) is 7.61. The van der Waals surface area contributed by atoms with Gasteiger partial charge < -0.3 is 19.9 Å². The molecule has 6 nitrogen and oxygen atoms in total. The maximum absolute atomic E-state index is 11.8. The molecule has 1 heterocycles. The van der Waals surface area contributed by atoms with E-state index in [-0.39, 0.29) is 12.1 Å². The molecule has 2 N–H and O–H groups in total. The monoisotopic (exact) mass is 322 g/mol. The highest BCUT2D eigenvalue weighted by Gasteiger charge is 2.24. The Balaban J connectivity index is 1.69. The highest BCUT2D eigenvalue weighted by Crippen LogP contribution is 2.19. The smallest absolute Gasteiger partial charge is 0.407 e. The van der Waals surface area contributed by atoms with Gasteiger partial charge >= 0.3 is 6.09 Å². The summed E-state index contributed by atoms with van der Waals surface area (Å²) in [6.45, 7) is 9.57. The van der Waals surface area contributed by atoms with Crippen LogP contribution in [0.2, 0.25) is 0 Å². The Morgan fingerprint density at radius 2 is 1.96 bits per heavy atom. The molecule has 1 aliphatic rings. The van der Waals surface area contributed by atoms with Gasteiger partial charge in [0.2, 0.25) is 0 Å². The molecule has 0 aromatic carbocycles. The van der Waals surface area contributed by atoms with E-state index < -0.39 is 5.60 Å². The van der Waals surface area contributed by atoms with Gasteiger partial charge in [0.15, 0.2) is 0 Å². The van der Waals surface area contributed by atoms with Gasteiger partial charge in [0, 0.05) is 31.4 Å². The van der Waals surface area contributed by atoms with Crippen LogP contribution in [-0.4, -0.2) is 33.3 Å². The van der Waals surface area contributed by atoms with Crippen LogP contribution in [0.5, 0.6) is 0 Å². The highest BCUT2D eigenvalue weighted by atomic mass is 16.6. The molecule has 0 bridgehead atoms. The van der Waals surface area contributed by atoms with Crippen LogP contribution in [0.3, 0.4) is 0 Å². The van der Waals surface area contributed by atoms with E-state index in [1.54, 1.807) is 0 Å². The first-order valence-corrected chi connectivity index (χ1v) is 8.59. The minimum absolute atomic E-state index is 0.226. The summed E-state index contributed by atoms with van der Waals surface area (Å²) in [7, 11) is 0. The highest BCUT2D eigenvalue weighted by molar-refractivity contribution is 5.68. The van der Waals surface area contributed by atoms with Gasteiger partial charge in [-0.25, -0.2) is 9.78 Å². The predicted molar refractivity (Wildman–Crippen MR) is 90.2 cm³/mol. The zero-order valence-corrected chi connectivity index (χ0v) is 14.8. The topological polar surface area (TPSA) is 68.2 Å². The zero-order chi connectivity index (χ0) is 16.9. The lowest BCUT2D eigenvalue weighted by atomic mass is 9.91. The third-order valence-electron chi connectivity index (χ3n) is 4.16. The van der Waals surface area contributed by atoms with Crippen molar-refractivity contribution in [1.29, 1.82) is 0 Å². The number of nitrogens with one attached hydrogen (secondary N) is 2. The Labute approximate surface area is 139 Å². The summed E-state index contributed by atoms with van der Waals surface area (Å²) < 4.78 is 7.47. The molecule has 1 aliphatic carbocycles. The minimum atomic E-state index is -0.439.